The smallest absolute Gasteiger partial charge is 0.246 e. The molecule has 0 aliphatic heterocycles. The van der Waals surface area contributed by atoms with Crippen molar-refractivity contribution in [3.05, 3.63) is 35.9 Å². The quantitative estimate of drug-likeness (QED) is 0.837. The summed E-state index contributed by atoms with van der Waals surface area (Å²) in [6.07, 6.45) is 3.56. The molecule has 1 fully saturated rings. The number of amides is 1. The number of rotatable bonds is 6. The highest BCUT2D eigenvalue weighted by Gasteiger charge is 2.38. The van der Waals surface area contributed by atoms with Crippen LogP contribution in [0.15, 0.2) is 30.3 Å². The molecule has 0 spiro atoms. The molecule has 0 aromatic heterocycles. The topological polar surface area (TPSA) is 38.3 Å². The number of carbonyl (C=O) groups excluding carboxylic acids is 1. The third kappa shape index (κ3) is 2.91. The van der Waals surface area contributed by atoms with Crippen molar-refractivity contribution < 1.29 is 9.53 Å². The Morgan fingerprint density at radius 1 is 1.33 bits per heavy atom. The number of ether oxygens (including phenoxy) is 1. The van der Waals surface area contributed by atoms with E-state index in [0.29, 0.717) is 6.61 Å². The normalized spacial score (nSPS) is 16.9. The van der Waals surface area contributed by atoms with Gasteiger partial charge in [-0.3, -0.25) is 4.79 Å². The van der Waals surface area contributed by atoms with E-state index in [-0.39, 0.29) is 17.9 Å². The molecule has 0 heterocycles. The van der Waals surface area contributed by atoms with Crippen molar-refractivity contribution in [1.82, 2.24) is 5.32 Å². The highest BCUT2D eigenvalue weighted by molar-refractivity contribution is 5.77. The van der Waals surface area contributed by atoms with E-state index < -0.39 is 0 Å². The van der Waals surface area contributed by atoms with Gasteiger partial charge in [-0.2, -0.15) is 0 Å². The Morgan fingerprint density at radius 3 is 2.61 bits per heavy atom. The Morgan fingerprint density at radius 2 is 2.06 bits per heavy atom. The third-order valence-corrected chi connectivity index (χ3v) is 3.76. The fraction of sp³-hybridized carbons (Fsp3) is 0.533. The first-order chi connectivity index (χ1) is 8.77. The van der Waals surface area contributed by atoms with E-state index in [4.69, 9.17) is 4.74 Å². The first kappa shape index (κ1) is 13.1. The molecule has 98 valence electrons. The second-order valence-corrected chi connectivity index (χ2v) is 4.91. The van der Waals surface area contributed by atoms with Crippen LogP contribution in [0.4, 0.5) is 0 Å². The van der Waals surface area contributed by atoms with E-state index in [2.05, 4.69) is 29.6 Å². The fourth-order valence-corrected chi connectivity index (χ4v) is 2.48. The number of carbonyl (C=O) groups is 1. The van der Waals surface area contributed by atoms with Gasteiger partial charge in [0, 0.05) is 18.6 Å². The predicted molar refractivity (Wildman–Crippen MR) is 71.5 cm³/mol. The van der Waals surface area contributed by atoms with Crippen molar-refractivity contribution in [2.45, 2.75) is 31.6 Å². The fourth-order valence-electron chi connectivity index (χ4n) is 2.48. The maximum absolute atomic E-state index is 11.6. The lowest BCUT2D eigenvalue weighted by atomic mass is 9.64. The first-order valence-electron chi connectivity index (χ1n) is 6.67. The van der Waals surface area contributed by atoms with Gasteiger partial charge in [-0.05, 0) is 25.3 Å². The van der Waals surface area contributed by atoms with Crippen LogP contribution in [0.1, 0.15) is 31.7 Å². The van der Waals surface area contributed by atoms with E-state index in [1.165, 1.54) is 12.0 Å². The molecule has 1 amide bonds. The van der Waals surface area contributed by atoms with Crippen LogP contribution in [0.3, 0.4) is 0 Å². The summed E-state index contributed by atoms with van der Waals surface area (Å²) in [5.74, 6) is -0.0148. The Bertz CT molecular complexity index is 385. The molecule has 1 aromatic carbocycles. The summed E-state index contributed by atoms with van der Waals surface area (Å²) in [5.41, 5.74) is 1.50. The molecule has 3 heteroatoms. The summed E-state index contributed by atoms with van der Waals surface area (Å²) in [6.45, 7) is 3.37. The van der Waals surface area contributed by atoms with Crippen molar-refractivity contribution >= 4 is 5.91 Å². The van der Waals surface area contributed by atoms with Crippen LogP contribution < -0.4 is 5.32 Å². The van der Waals surface area contributed by atoms with Gasteiger partial charge in [0.2, 0.25) is 5.91 Å². The number of hydrogen-bond donors (Lipinski definition) is 1. The molecule has 0 radical (unpaired) electrons. The molecule has 1 N–H and O–H groups in total. The monoisotopic (exact) mass is 247 g/mol. The zero-order chi connectivity index (χ0) is 12.8. The van der Waals surface area contributed by atoms with Gasteiger partial charge in [0.15, 0.2) is 0 Å². The largest absolute Gasteiger partial charge is 0.372 e. The Balaban J connectivity index is 1.91. The first-order valence-corrected chi connectivity index (χ1v) is 6.67. The average molecular weight is 247 g/mol. The highest BCUT2D eigenvalue weighted by Crippen LogP contribution is 2.43. The van der Waals surface area contributed by atoms with Crippen LogP contribution in [-0.2, 0) is 14.9 Å². The van der Waals surface area contributed by atoms with Gasteiger partial charge in [-0.15, -0.1) is 0 Å². The van der Waals surface area contributed by atoms with Crippen molar-refractivity contribution in [2.24, 2.45) is 0 Å². The predicted octanol–water partition coefficient (Wildman–Crippen LogP) is 2.26. The molecule has 18 heavy (non-hydrogen) atoms. The van der Waals surface area contributed by atoms with Gasteiger partial charge in [0.1, 0.15) is 6.61 Å². The molecule has 1 aromatic rings. The van der Waals surface area contributed by atoms with Gasteiger partial charge >= 0.3 is 0 Å². The van der Waals surface area contributed by atoms with Gasteiger partial charge in [-0.25, -0.2) is 0 Å². The van der Waals surface area contributed by atoms with Gasteiger partial charge in [-0.1, -0.05) is 36.8 Å². The van der Waals surface area contributed by atoms with Crippen molar-refractivity contribution in [1.29, 1.82) is 0 Å². The Kier molecular flexibility index (Phi) is 4.37. The van der Waals surface area contributed by atoms with Crippen LogP contribution in [-0.4, -0.2) is 25.7 Å². The summed E-state index contributed by atoms with van der Waals surface area (Å²) in [7, 11) is 0. The summed E-state index contributed by atoms with van der Waals surface area (Å²) in [6, 6.07) is 10.5. The van der Waals surface area contributed by atoms with Crippen LogP contribution >= 0.6 is 0 Å². The summed E-state index contributed by atoms with van der Waals surface area (Å²) >= 11 is 0. The second-order valence-electron chi connectivity index (χ2n) is 4.91. The summed E-state index contributed by atoms with van der Waals surface area (Å²) in [5, 5.41) is 2.99. The minimum Gasteiger partial charge on any atom is -0.372 e. The minimum atomic E-state index is -0.0148. The van der Waals surface area contributed by atoms with Crippen molar-refractivity contribution in [3.63, 3.8) is 0 Å². The van der Waals surface area contributed by atoms with Gasteiger partial charge in [0.25, 0.3) is 0 Å². The Hall–Kier alpha value is -1.35. The minimum absolute atomic E-state index is 0.0148. The number of benzene rings is 1. The summed E-state index contributed by atoms with van der Waals surface area (Å²) in [4.78, 5) is 11.6. The van der Waals surface area contributed by atoms with E-state index in [9.17, 15) is 4.79 Å². The average Bonchev–Trinajstić information content (AvgIpc) is 2.36. The standard InChI is InChI=1S/C15H21NO2/c1-2-18-11-14(17)16-12-15(9-6-10-15)13-7-4-3-5-8-13/h3-5,7-8H,2,6,9-12H2,1H3,(H,16,17). The maximum atomic E-state index is 11.6. The second kappa shape index (κ2) is 6.01. The zero-order valence-corrected chi connectivity index (χ0v) is 10.9. The molecule has 0 bridgehead atoms. The number of nitrogens with one attached hydrogen (secondary N) is 1. The van der Waals surface area contributed by atoms with Crippen LogP contribution in [0, 0.1) is 0 Å². The van der Waals surface area contributed by atoms with Gasteiger partial charge < -0.3 is 10.1 Å². The molecule has 1 aliphatic carbocycles. The third-order valence-electron chi connectivity index (χ3n) is 3.76. The zero-order valence-electron chi connectivity index (χ0n) is 10.9. The molecule has 0 saturated heterocycles. The molecule has 0 atom stereocenters. The van der Waals surface area contributed by atoms with Gasteiger partial charge in [0.05, 0.1) is 0 Å². The molecule has 2 rings (SSSR count). The SMILES string of the molecule is CCOCC(=O)NCC1(c2ccccc2)CCC1. The highest BCUT2D eigenvalue weighted by atomic mass is 16.5. The summed E-state index contributed by atoms with van der Waals surface area (Å²) < 4.78 is 5.11. The molecule has 0 unspecified atom stereocenters. The maximum Gasteiger partial charge on any atom is 0.246 e. The molecular formula is C15H21NO2. The van der Waals surface area contributed by atoms with E-state index in [1.54, 1.807) is 0 Å². The molecule has 3 nitrogen and oxygen atoms in total. The van der Waals surface area contributed by atoms with Crippen LogP contribution in [0.25, 0.3) is 0 Å². The van der Waals surface area contributed by atoms with Crippen LogP contribution in [0.2, 0.25) is 0 Å². The lowest BCUT2D eigenvalue weighted by Crippen LogP contribution is -2.46. The lowest BCUT2D eigenvalue weighted by Gasteiger charge is -2.42. The van der Waals surface area contributed by atoms with E-state index >= 15 is 0 Å². The van der Waals surface area contributed by atoms with E-state index in [1.807, 2.05) is 13.0 Å². The van der Waals surface area contributed by atoms with Crippen LogP contribution in [0.5, 0.6) is 0 Å². The van der Waals surface area contributed by atoms with Crippen molar-refractivity contribution in [3.8, 4) is 0 Å². The molecule has 1 aliphatic rings. The van der Waals surface area contributed by atoms with E-state index in [0.717, 1.165) is 19.4 Å². The molecule has 1 saturated carbocycles. The number of hydrogen-bond acceptors (Lipinski definition) is 2. The molecular weight excluding hydrogens is 226 g/mol. The van der Waals surface area contributed by atoms with Crippen molar-refractivity contribution in [2.75, 3.05) is 19.8 Å². The lowest BCUT2D eigenvalue weighted by molar-refractivity contribution is -0.126. The Labute approximate surface area is 109 Å².